The molecule has 0 spiro atoms. The Morgan fingerprint density at radius 1 is 0.783 bits per heavy atom. The van der Waals surface area contributed by atoms with Crippen molar-refractivity contribution in [3.63, 3.8) is 0 Å². The second-order valence-electron chi connectivity index (χ2n) is 4.20. The summed E-state index contributed by atoms with van der Waals surface area (Å²) in [6.07, 6.45) is 14.0. The van der Waals surface area contributed by atoms with E-state index < -0.39 is 15.6 Å². The van der Waals surface area contributed by atoms with Crippen molar-refractivity contribution in [2.45, 2.75) is 31.2 Å². The fraction of sp³-hybridized carbons (Fsp3) is 0.333. The second kappa shape index (κ2) is 13.5. The summed E-state index contributed by atoms with van der Waals surface area (Å²) in [4.78, 5) is 0. The maximum absolute atomic E-state index is 10.7. The van der Waals surface area contributed by atoms with E-state index in [0.717, 1.165) is 0 Å². The van der Waals surface area contributed by atoms with Crippen LogP contribution in [0, 0.1) is 0 Å². The van der Waals surface area contributed by atoms with Crippen LogP contribution in [0.4, 0.5) is 13.2 Å². The van der Waals surface area contributed by atoms with Crippen LogP contribution in [0.15, 0.2) is 60.7 Å². The van der Waals surface area contributed by atoms with Crippen molar-refractivity contribution >= 4 is 10.1 Å². The number of benzene rings is 1. The molecule has 1 aromatic rings. The zero-order chi connectivity index (χ0) is 16.9. The van der Waals surface area contributed by atoms with Crippen LogP contribution in [-0.4, -0.2) is 18.5 Å². The van der Waals surface area contributed by atoms with Crippen molar-refractivity contribution < 1.29 is 45.6 Å². The molecule has 133 valence electrons. The Hall–Kier alpha value is -0.977. The SMILES string of the molecule is C1=CCCCCC=C1.O=S(=O)([O-])C(F)(F)F.[Rh].c1ccccc1. The van der Waals surface area contributed by atoms with E-state index in [2.05, 4.69) is 24.3 Å². The number of halogens is 3. The molecule has 1 aliphatic carbocycles. The molecule has 0 bridgehead atoms. The Bertz CT molecular complexity index is 500. The van der Waals surface area contributed by atoms with E-state index in [1.54, 1.807) is 0 Å². The molecule has 0 unspecified atom stereocenters. The molecule has 1 aliphatic rings. The largest absolute Gasteiger partial charge is 0.741 e. The summed E-state index contributed by atoms with van der Waals surface area (Å²) in [6, 6.07) is 12.0. The van der Waals surface area contributed by atoms with Gasteiger partial charge in [0.15, 0.2) is 10.1 Å². The van der Waals surface area contributed by atoms with Crippen molar-refractivity contribution in [3.8, 4) is 0 Å². The van der Waals surface area contributed by atoms with Gasteiger partial charge in [-0.15, -0.1) is 0 Å². The van der Waals surface area contributed by atoms with E-state index in [1.807, 2.05) is 36.4 Å². The van der Waals surface area contributed by atoms with Crippen LogP contribution in [0.5, 0.6) is 0 Å². The van der Waals surface area contributed by atoms with Crippen LogP contribution in [0.3, 0.4) is 0 Å². The minimum atomic E-state index is -6.09. The summed E-state index contributed by atoms with van der Waals surface area (Å²) in [5.74, 6) is 0. The molecule has 0 aromatic heterocycles. The van der Waals surface area contributed by atoms with Gasteiger partial charge in [0.2, 0.25) is 0 Å². The van der Waals surface area contributed by atoms with Gasteiger partial charge in [0.05, 0.1) is 0 Å². The molecule has 2 rings (SSSR count). The van der Waals surface area contributed by atoms with Gasteiger partial charge in [-0.25, -0.2) is 8.42 Å². The zero-order valence-corrected chi connectivity index (χ0v) is 14.7. The molecular formula is C15H18F3O3RhS-. The first-order chi connectivity index (χ1) is 10.2. The number of hydrogen-bond donors (Lipinski definition) is 0. The third kappa shape index (κ3) is 15.7. The van der Waals surface area contributed by atoms with Gasteiger partial charge in [0.25, 0.3) is 0 Å². The summed E-state index contributed by atoms with van der Waals surface area (Å²) in [7, 11) is -6.09. The molecule has 0 heterocycles. The van der Waals surface area contributed by atoms with E-state index in [9.17, 15) is 13.2 Å². The normalized spacial score (nSPS) is 13.9. The number of allylic oxidation sites excluding steroid dienone is 4. The molecule has 23 heavy (non-hydrogen) atoms. The first-order valence-corrected chi connectivity index (χ1v) is 8.00. The van der Waals surface area contributed by atoms with Crippen LogP contribution in [-0.2, 0) is 29.6 Å². The maximum atomic E-state index is 10.7. The number of rotatable bonds is 0. The predicted octanol–water partition coefficient (Wildman–Crippen LogP) is 4.41. The first kappa shape index (κ1) is 24.3. The molecule has 0 N–H and O–H groups in total. The molecule has 0 atom stereocenters. The van der Waals surface area contributed by atoms with Crippen LogP contribution >= 0.6 is 0 Å². The maximum Gasteiger partial charge on any atom is 0.485 e. The van der Waals surface area contributed by atoms with E-state index >= 15 is 0 Å². The van der Waals surface area contributed by atoms with Gasteiger partial charge < -0.3 is 4.55 Å². The zero-order valence-electron chi connectivity index (χ0n) is 12.2. The molecule has 0 amide bonds. The van der Waals surface area contributed by atoms with Gasteiger partial charge in [-0.3, -0.25) is 0 Å². The molecule has 1 radical (unpaired) electrons. The van der Waals surface area contributed by atoms with E-state index in [-0.39, 0.29) is 19.5 Å². The van der Waals surface area contributed by atoms with Crippen molar-refractivity contribution in [1.29, 1.82) is 0 Å². The minimum absolute atomic E-state index is 0. The predicted molar refractivity (Wildman–Crippen MR) is 78.9 cm³/mol. The van der Waals surface area contributed by atoms with Gasteiger partial charge in [-0.1, -0.05) is 60.7 Å². The van der Waals surface area contributed by atoms with Gasteiger partial charge in [-0.05, 0) is 25.7 Å². The van der Waals surface area contributed by atoms with E-state index in [1.165, 1.54) is 25.7 Å². The van der Waals surface area contributed by atoms with E-state index in [4.69, 9.17) is 13.0 Å². The third-order valence-electron chi connectivity index (χ3n) is 2.32. The first-order valence-electron chi connectivity index (χ1n) is 6.59. The Kier molecular flexibility index (Phi) is 14.2. The van der Waals surface area contributed by atoms with Gasteiger partial charge in [-0.2, -0.15) is 13.2 Å². The second-order valence-corrected chi connectivity index (χ2v) is 5.57. The van der Waals surface area contributed by atoms with Crippen molar-refractivity contribution in [3.05, 3.63) is 60.7 Å². The molecule has 8 heteroatoms. The molecule has 0 aliphatic heterocycles. The quantitative estimate of drug-likeness (QED) is 0.343. The molecule has 1 aromatic carbocycles. The molecular weight excluding hydrogens is 420 g/mol. The fourth-order valence-corrected chi connectivity index (χ4v) is 1.26. The monoisotopic (exact) mass is 438 g/mol. The summed E-state index contributed by atoms with van der Waals surface area (Å²) in [6.45, 7) is 0. The van der Waals surface area contributed by atoms with Crippen LogP contribution < -0.4 is 0 Å². The standard InChI is InChI=1S/C8H12.C6H6.CHF3O3S.Rh/c1-2-4-6-8-7-5-3-1;1-2-4-6-5-3-1;2-1(3,4)8(5,6)7;/h1-4H,5-8H2;1-6H;(H,5,6,7);/p-1. The Morgan fingerprint density at radius 2 is 1.04 bits per heavy atom. The number of hydrogen-bond acceptors (Lipinski definition) is 3. The average molecular weight is 438 g/mol. The number of alkyl halides is 3. The van der Waals surface area contributed by atoms with E-state index in [0.29, 0.717) is 0 Å². The van der Waals surface area contributed by atoms with Crippen LogP contribution in [0.2, 0.25) is 0 Å². The average Bonchev–Trinajstić information content (AvgIpc) is 2.39. The van der Waals surface area contributed by atoms with Crippen LogP contribution in [0.25, 0.3) is 0 Å². The van der Waals surface area contributed by atoms with Crippen molar-refractivity contribution in [2.24, 2.45) is 0 Å². The van der Waals surface area contributed by atoms with Crippen molar-refractivity contribution in [2.75, 3.05) is 0 Å². The molecule has 0 fully saturated rings. The molecule has 3 nitrogen and oxygen atoms in total. The smallest absolute Gasteiger partial charge is 0.485 e. The van der Waals surface area contributed by atoms with Gasteiger partial charge in [0, 0.05) is 19.5 Å². The van der Waals surface area contributed by atoms with Crippen molar-refractivity contribution in [1.82, 2.24) is 0 Å². The summed E-state index contributed by atoms with van der Waals surface area (Å²) >= 11 is 0. The summed E-state index contributed by atoms with van der Waals surface area (Å²) in [5.41, 5.74) is -5.65. The van der Waals surface area contributed by atoms with Crippen LogP contribution in [0.1, 0.15) is 25.7 Å². The topological polar surface area (TPSA) is 57.2 Å². The summed E-state index contributed by atoms with van der Waals surface area (Å²) < 4.78 is 58.9. The third-order valence-corrected chi connectivity index (χ3v) is 2.89. The molecule has 0 saturated carbocycles. The Balaban J connectivity index is 0. The van der Waals surface area contributed by atoms with Gasteiger partial charge >= 0.3 is 5.51 Å². The Labute approximate surface area is 147 Å². The Morgan fingerprint density at radius 3 is 1.26 bits per heavy atom. The molecule has 0 saturated heterocycles. The van der Waals surface area contributed by atoms with Gasteiger partial charge in [0.1, 0.15) is 0 Å². The minimum Gasteiger partial charge on any atom is -0.741 e. The fourth-order valence-electron chi connectivity index (χ4n) is 1.26. The summed E-state index contributed by atoms with van der Waals surface area (Å²) in [5, 5.41) is 0.